The number of benzene rings is 2. The Bertz CT molecular complexity index is 1260. The van der Waals surface area contributed by atoms with Crippen LogP contribution < -0.4 is 4.90 Å². The van der Waals surface area contributed by atoms with Crippen LogP contribution in [0.1, 0.15) is 34.7 Å². The van der Waals surface area contributed by atoms with Crippen molar-refractivity contribution in [3.63, 3.8) is 0 Å². The molecule has 0 radical (unpaired) electrons. The minimum Gasteiger partial charge on any atom is -0.368 e. The SMILES string of the molecule is Cc1ccccc1N1CCN(C(=O)CC(c2ccccc2)c2cnc3c(C)cccn23)CC1. The number of imidazole rings is 1. The standard InChI is InChI=1S/C28H30N4O/c1-21-9-6-7-13-25(21)30-15-17-31(18-16-30)27(33)19-24(23-11-4-3-5-12-23)26-20-29-28-22(2)10-8-14-32(26)28/h3-14,20,24H,15-19H2,1-2H3. The number of carbonyl (C=O) groups is 1. The van der Waals surface area contributed by atoms with Crippen LogP contribution in [-0.4, -0.2) is 46.4 Å². The maximum atomic E-state index is 13.5. The van der Waals surface area contributed by atoms with Crippen molar-refractivity contribution in [2.45, 2.75) is 26.2 Å². The molecule has 1 atom stereocenters. The molecule has 168 valence electrons. The Morgan fingerprint density at radius 3 is 2.33 bits per heavy atom. The van der Waals surface area contributed by atoms with Gasteiger partial charge in [0.15, 0.2) is 0 Å². The second-order valence-electron chi connectivity index (χ2n) is 8.89. The molecular weight excluding hydrogens is 408 g/mol. The third-order valence-electron chi connectivity index (χ3n) is 6.79. The molecule has 4 aromatic rings. The van der Waals surface area contributed by atoms with Crippen LogP contribution in [0.4, 0.5) is 5.69 Å². The maximum absolute atomic E-state index is 13.5. The first-order chi connectivity index (χ1) is 16.1. The van der Waals surface area contributed by atoms with Crippen molar-refractivity contribution >= 4 is 17.2 Å². The number of carbonyl (C=O) groups excluding carboxylic acids is 1. The molecule has 5 nitrogen and oxygen atoms in total. The van der Waals surface area contributed by atoms with Gasteiger partial charge in [-0.15, -0.1) is 0 Å². The van der Waals surface area contributed by atoms with Crippen molar-refractivity contribution in [2.24, 2.45) is 0 Å². The van der Waals surface area contributed by atoms with E-state index in [1.54, 1.807) is 0 Å². The van der Waals surface area contributed by atoms with E-state index in [0.717, 1.165) is 48.6 Å². The number of aryl methyl sites for hydroxylation is 2. The molecule has 1 saturated heterocycles. The number of fused-ring (bicyclic) bond motifs is 1. The van der Waals surface area contributed by atoms with Crippen molar-refractivity contribution in [1.82, 2.24) is 14.3 Å². The fourth-order valence-electron chi connectivity index (χ4n) is 4.93. The number of amides is 1. The first kappa shape index (κ1) is 21.3. The lowest BCUT2D eigenvalue weighted by Crippen LogP contribution is -2.49. The highest BCUT2D eigenvalue weighted by Gasteiger charge is 2.27. The molecule has 3 heterocycles. The number of nitrogens with zero attached hydrogens (tertiary/aromatic N) is 4. The predicted molar refractivity (Wildman–Crippen MR) is 133 cm³/mol. The van der Waals surface area contributed by atoms with Crippen molar-refractivity contribution in [3.05, 3.63) is 102 Å². The molecule has 0 saturated carbocycles. The number of aromatic nitrogens is 2. The number of rotatable bonds is 5. The average Bonchev–Trinajstić information content (AvgIpc) is 3.29. The Balaban J connectivity index is 1.36. The van der Waals surface area contributed by atoms with E-state index in [9.17, 15) is 4.79 Å². The van der Waals surface area contributed by atoms with E-state index in [4.69, 9.17) is 0 Å². The van der Waals surface area contributed by atoms with E-state index in [1.807, 2.05) is 41.6 Å². The van der Waals surface area contributed by atoms with Gasteiger partial charge in [0.1, 0.15) is 5.65 Å². The second kappa shape index (κ2) is 9.10. The van der Waals surface area contributed by atoms with Crippen LogP contribution in [0.15, 0.2) is 79.1 Å². The minimum atomic E-state index is -0.0371. The highest BCUT2D eigenvalue weighted by atomic mass is 16.2. The van der Waals surface area contributed by atoms with Crippen LogP contribution in [0.5, 0.6) is 0 Å². The fraction of sp³-hybridized carbons (Fsp3) is 0.286. The fourth-order valence-corrected chi connectivity index (χ4v) is 4.93. The van der Waals surface area contributed by atoms with E-state index >= 15 is 0 Å². The molecule has 1 aliphatic rings. The highest BCUT2D eigenvalue weighted by Crippen LogP contribution is 2.30. The van der Waals surface area contributed by atoms with Crippen LogP contribution >= 0.6 is 0 Å². The van der Waals surface area contributed by atoms with E-state index in [0.29, 0.717) is 6.42 Å². The van der Waals surface area contributed by atoms with E-state index in [1.165, 1.54) is 11.3 Å². The molecule has 2 aromatic carbocycles. The Labute approximate surface area is 195 Å². The molecule has 5 rings (SSSR count). The van der Waals surface area contributed by atoms with Gasteiger partial charge in [0.05, 0.1) is 5.69 Å². The number of pyridine rings is 1. The third kappa shape index (κ3) is 4.23. The predicted octanol–water partition coefficient (Wildman–Crippen LogP) is 4.82. The lowest BCUT2D eigenvalue weighted by Gasteiger charge is -2.37. The molecule has 33 heavy (non-hydrogen) atoms. The van der Waals surface area contributed by atoms with Gasteiger partial charge in [-0.3, -0.25) is 4.79 Å². The average molecular weight is 439 g/mol. The van der Waals surface area contributed by atoms with Crippen molar-refractivity contribution in [3.8, 4) is 0 Å². The topological polar surface area (TPSA) is 40.8 Å². The zero-order valence-corrected chi connectivity index (χ0v) is 19.3. The van der Waals surface area contributed by atoms with Crippen molar-refractivity contribution in [1.29, 1.82) is 0 Å². The zero-order chi connectivity index (χ0) is 22.8. The summed E-state index contributed by atoms with van der Waals surface area (Å²) >= 11 is 0. The summed E-state index contributed by atoms with van der Waals surface area (Å²) in [5.74, 6) is 0.167. The Morgan fingerprint density at radius 2 is 1.58 bits per heavy atom. The second-order valence-corrected chi connectivity index (χ2v) is 8.89. The van der Waals surface area contributed by atoms with E-state index < -0.39 is 0 Å². The number of hydrogen-bond acceptors (Lipinski definition) is 3. The molecule has 1 amide bonds. The summed E-state index contributed by atoms with van der Waals surface area (Å²) in [6.45, 7) is 7.45. The van der Waals surface area contributed by atoms with Crippen LogP contribution in [0.3, 0.4) is 0 Å². The Kier molecular flexibility index (Phi) is 5.86. The van der Waals surface area contributed by atoms with Crippen LogP contribution in [0.25, 0.3) is 5.65 Å². The maximum Gasteiger partial charge on any atom is 0.223 e. The lowest BCUT2D eigenvalue weighted by molar-refractivity contribution is -0.131. The molecule has 0 N–H and O–H groups in total. The van der Waals surface area contributed by atoms with Gasteiger partial charge >= 0.3 is 0 Å². The largest absolute Gasteiger partial charge is 0.368 e. The normalized spacial score (nSPS) is 15.1. The van der Waals surface area contributed by atoms with Gasteiger partial charge < -0.3 is 14.2 Å². The molecule has 0 bridgehead atoms. The molecule has 2 aromatic heterocycles. The first-order valence-corrected chi connectivity index (χ1v) is 11.7. The minimum absolute atomic E-state index is 0.0371. The Morgan fingerprint density at radius 1 is 0.879 bits per heavy atom. The Hall–Kier alpha value is -3.60. The number of piperazine rings is 1. The molecule has 1 fully saturated rings. The first-order valence-electron chi connectivity index (χ1n) is 11.7. The molecule has 1 aliphatic heterocycles. The van der Waals surface area contributed by atoms with Gasteiger partial charge in [0, 0.05) is 56.6 Å². The van der Waals surface area contributed by atoms with Gasteiger partial charge in [-0.05, 0) is 42.7 Å². The van der Waals surface area contributed by atoms with Gasteiger partial charge in [-0.1, -0.05) is 54.6 Å². The summed E-state index contributed by atoms with van der Waals surface area (Å²) in [6.07, 6.45) is 4.42. The number of hydrogen-bond donors (Lipinski definition) is 0. The highest BCUT2D eigenvalue weighted by molar-refractivity contribution is 5.78. The molecular formula is C28H30N4O. The number of anilines is 1. The smallest absolute Gasteiger partial charge is 0.223 e. The molecule has 5 heteroatoms. The summed E-state index contributed by atoms with van der Waals surface area (Å²) < 4.78 is 2.14. The quantitative estimate of drug-likeness (QED) is 0.448. The van der Waals surface area contributed by atoms with Gasteiger partial charge in [0.2, 0.25) is 5.91 Å². The molecule has 1 unspecified atom stereocenters. The molecule has 0 aliphatic carbocycles. The summed E-state index contributed by atoms with van der Waals surface area (Å²) in [6, 6.07) is 22.9. The summed E-state index contributed by atoms with van der Waals surface area (Å²) in [7, 11) is 0. The van der Waals surface area contributed by atoms with Crippen LogP contribution in [0, 0.1) is 13.8 Å². The van der Waals surface area contributed by atoms with Crippen LogP contribution in [0.2, 0.25) is 0 Å². The zero-order valence-electron chi connectivity index (χ0n) is 19.3. The van der Waals surface area contributed by atoms with Crippen LogP contribution in [-0.2, 0) is 4.79 Å². The number of para-hydroxylation sites is 1. The summed E-state index contributed by atoms with van der Waals surface area (Å²) in [5, 5.41) is 0. The monoisotopic (exact) mass is 438 g/mol. The summed E-state index contributed by atoms with van der Waals surface area (Å²) in [5.41, 5.74) is 6.85. The summed E-state index contributed by atoms with van der Waals surface area (Å²) in [4.78, 5) is 22.6. The van der Waals surface area contributed by atoms with Gasteiger partial charge in [-0.2, -0.15) is 0 Å². The third-order valence-corrected chi connectivity index (χ3v) is 6.79. The van der Waals surface area contributed by atoms with E-state index in [2.05, 4.69) is 70.6 Å². The van der Waals surface area contributed by atoms with Crippen molar-refractivity contribution in [2.75, 3.05) is 31.1 Å². The van der Waals surface area contributed by atoms with Crippen molar-refractivity contribution < 1.29 is 4.79 Å². The van der Waals surface area contributed by atoms with E-state index in [-0.39, 0.29) is 11.8 Å². The molecule has 0 spiro atoms. The van der Waals surface area contributed by atoms with Gasteiger partial charge in [0.25, 0.3) is 0 Å². The van der Waals surface area contributed by atoms with Gasteiger partial charge in [-0.25, -0.2) is 4.98 Å². The lowest BCUT2D eigenvalue weighted by atomic mass is 9.92.